The number of hydrogen-bond donors (Lipinski definition) is 1. The van der Waals surface area contributed by atoms with Crippen LogP contribution in [0.15, 0.2) is 30.3 Å². The Hall–Kier alpha value is -1.92. The van der Waals surface area contributed by atoms with Gasteiger partial charge in [-0.25, -0.2) is 0 Å². The van der Waals surface area contributed by atoms with Crippen LogP contribution in [0.2, 0.25) is 0 Å². The molecular formula is C25H38N4O2. The van der Waals surface area contributed by atoms with Crippen LogP contribution in [-0.4, -0.2) is 77.9 Å². The van der Waals surface area contributed by atoms with Crippen LogP contribution in [0.25, 0.3) is 0 Å². The zero-order valence-corrected chi connectivity index (χ0v) is 19.1. The lowest BCUT2D eigenvalue weighted by Crippen LogP contribution is -2.49. The number of nitrogens with one attached hydrogen (secondary N) is 1. The molecule has 1 aliphatic carbocycles. The molecule has 2 aliphatic heterocycles. The fourth-order valence-corrected chi connectivity index (χ4v) is 5.03. The number of carbonyl (C=O) groups is 2. The summed E-state index contributed by atoms with van der Waals surface area (Å²) in [6, 6.07) is 10.5. The lowest BCUT2D eigenvalue weighted by Gasteiger charge is -2.30. The van der Waals surface area contributed by atoms with Gasteiger partial charge in [-0.15, -0.1) is 0 Å². The van der Waals surface area contributed by atoms with E-state index in [1.54, 1.807) is 0 Å². The molecule has 31 heavy (non-hydrogen) atoms. The molecule has 2 heterocycles. The minimum absolute atomic E-state index is 0.146. The van der Waals surface area contributed by atoms with Crippen molar-refractivity contribution >= 4 is 11.8 Å². The first-order chi connectivity index (χ1) is 15.0. The number of likely N-dealkylation sites (tertiary alicyclic amines) is 1. The van der Waals surface area contributed by atoms with E-state index in [4.69, 9.17) is 0 Å². The molecule has 6 nitrogen and oxygen atoms in total. The second kappa shape index (κ2) is 10.1. The summed E-state index contributed by atoms with van der Waals surface area (Å²) in [7, 11) is 0. The molecule has 1 aromatic rings. The Morgan fingerprint density at radius 3 is 2.58 bits per heavy atom. The summed E-state index contributed by atoms with van der Waals surface area (Å²) in [4.78, 5) is 33.1. The third kappa shape index (κ3) is 5.66. The van der Waals surface area contributed by atoms with Gasteiger partial charge in [0.15, 0.2) is 0 Å². The Balaban J connectivity index is 1.52. The highest BCUT2D eigenvalue weighted by Crippen LogP contribution is 2.35. The van der Waals surface area contributed by atoms with Gasteiger partial charge in [-0.2, -0.15) is 0 Å². The van der Waals surface area contributed by atoms with Gasteiger partial charge in [0.2, 0.25) is 11.8 Å². The quantitative estimate of drug-likeness (QED) is 0.727. The third-order valence-electron chi connectivity index (χ3n) is 6.77. The van der Waals surface area contributed by atoms with E-state index in [1.807, 2.05) is 15.9 Å². The molecular weight excluding hydrogens is 388 g/mol. The molecule has 0 aromatic heterocycles. The third-order valence-corrected chi connectivity index (χ3v) is 6.77. The highest BCUT2D eigenvalue weighted by atomic mass is 16.2. The van der Waals surface area contributed by atoms with E-state index < -0.39 is 0 Å². The molecule has 4 rings (SSSR count). The van der Waals surface area contributed by atoms with E-state index in [0.717, 1.165) is 65.0 Å². The fourth-order valence-electron chi connectivity index (χ4n) is 5.03. The Bertz CT molecular complexity index is 741. The van der Waals surface area contributed by atoms with Crippen LogP contribution < -0.4 is 5.32 Å². The summed E-state index contributed by atoms with van der Waals surface area (Å²) >= 11 is 0. The summed E-state index contributed by atoms with van der Waals surface area (Å²) in [5.41, 5.74) is 1.29. The van der Waals surface area contributed by atoms with Crippen molar-refractivity contribution in [2.45, 2.75) is 58.2 Å². The molecule has 2 atom stereocenters. The summed E-state index contributed by atoms with van der Waals surface area (Å²) in [6.07, 6.45) is 3.69. The van der Waals surface area contributed by atoms with Gasteiger partial charge in [-0.1, -0.05) is 44.2 Å². The molecule has 1 saturated carbocycles. The molecule has 6 heteroatoms. The van der Waals surface area contributed by atoms with E-state index in [9.17, 15) is 9.59 Å². The minimum Gasteiger partial charge on any atom is -0.340 e. The van der Waals surface area contributed by atoms with Crippen LogP contribution in [0.1, 0.15) is 45.1 Å². The molecule has 0 bridgehead atoms. The Kier molecular flexibility index (Phi) is 7.28. The predicted octanol–water partition coefficient (Wildman–Crippen LogP) is 2.35. The molecule has 170 valence electrons. The highest BCUT2D eigenvalue weighted by Gasteiger charge is 2.46. The Morgan fingerprint density at radius 2 is 1.87 bits per heavy atom. The molecule has 2 unspecified atom stereocenters. The van der Waals surface area contributed by atoms with Gasteiger partial charge >= 0.3 is 0 Å². The highest BCUT2D eigenvalue weighted by molar-refractivity contribution is 5.90. The number of carbonyl (C=O) groups excluding carboxylic acids is 2. The second-order valence-corrected chi connectivity index (χ2v) is 9.91. The van der Waals surface area contributed by atoms with Gasteiger partial charge < -0.3 is 15.1 Å². The van der Waals surface area contributed by atoms with Gasteiger partial charge in [0, 0.05) is 51.2 Å². The maximum Gasteiger partial charge on any atom is 0.245 e. The Morgan fingerprint density at radius 1 is 1.10 bits per heavy atom. The smallest absolute Gasteiger partial charge is 0.245 e. The molecule has 1 N–H and O–H groups in total. The molecule has 2 saturated heterocycles. The van der Waals surface area contributed by atoms with Crippen molar-refractivity contribution in [2.24, 2.45) is 11.8 Å². The van der Waals surface area contributed by atoms with E-state index >= 15 is 0 Å². The predicted molar refractivity (Wildman–Crippen MR) is 122 cm³/mol. The van der Waals surface area contributed by atoms with Gasteiger partial charge in [-0.3, -0.25) is 14.5 Å². The molecule has 0 spiro atoms. The Labute approximate surface area is 187 Å². The van der Waals surface area contributed by atoms with Crippen molar-refractivity contribution in [3.05, 3.63) is 35.9 Å². The van der Waals surface area contributed by atoms with Crippen molar-refractivity contribution in [3.63, 3.8) is 0 Å². The number of rotatable bonds is 7. The number of nitrogens with zero attached hydrogens (tertiary/aromatic N) is 3. The molecule has 3 fully saturated rings. The molecule has 1 aromatic carbocycles. The largest absolute Gasteiger partial charge is 0.340 e. The lowest BCUT2D eigenvalue weighted by molar-refractivity contribution is -0.144. The molecule has 2 amide bonds. The fraction of sp³-hybridized carbons (Fsp3) is 0.680. The van der Waals surface area contributed by atoms with Crippen molar-refractivity contribution in [1.29, 1.82) is 0 Å². The number of amides is 2. The maximum absolute atomic E-state index is 13.5. The molecule has 0 radical (unpaired) electrons. The van der Waals surface area contributed by atoms with Gasteiger partial charge in [0.05, 0.1) is 0 Å². The zero-order chi connectivity index (χ0) is 21.8. The van der Waals surface area contributed by atoms with Gasteiger partial charge in [0.25, 0.3) is 0 Å². The van der Waals surface area contributed by atoms with E-state index in [0.29, 0.717) is 12.5 Å². The van der Waals surface area contributed by atoms with Crippen LogP contribution in [0.5, 0.6) is 0 Å². The lowest BCUT2D eigenvalue weighted by atomic mass is 10.1. The topological polar surface area (TPSA) is 55.9 Å². The van der Waals surface area contributed by atoms with Crippen LogP contribution in [0.4, 0.5) is 0 Å². The summed E-state index contributed by atoms with van der Waals surface area (Å²) < 4.78 is 0. The van der Waals surface area contributed by atoms with Crippen LogP contribution in [0.3, 0.4) is 0 Å². The van der Waals surface area contributed by atoms with Crippen LogP contribution >= 0.6 is 0 Å². The van der Waals surface area contributed by atoms with Crippen molar-refractivity contribution in [3.8, 4) is 0 Å². The summed E-state index contributed by atoms with van der Waals surface area (Å²) in [5.74, 6) is 1.04. The van der Waals surface area contributed by atoms with Crippen LogP contribution in [0, 0.1) is 11.8 Å². The van der Waals surface area contributed by atoms with E-state index in [1.165, 1.54) is 5.56 Å². The maximum atomic E-state index is 13.5. The first-order valence-corrected chi connectivity index (χ1v) is 12.1. The first kappa shape index (κ1) is 22.3. The first-order valence-electron chi connectivity index (χ1n) is 12.1. The van der Waals surface area contributed by atoms with Crippen molar-refractivity contribution in [1.82, 2.24) is 20.0 Å². The molecule has 3 aliphatic rings. The van der Waals surface area contributed by atoms with Gasteiger partial charge in [-0.05, 0) is 43.7 Å². The van der Waals surface area contributed by atoms with Gasteiger partial charge in [0.1, 0.15) is 6.04 Å². The van der Waals surface area contributed by atoms with E-state index in [-0.39, 0.29) is 29.8 Å². The SMILES string of the molecule is CC(C)CN(Cc1ccccc1)C1CC(C(=O)N2CCCNCC2)N(C(=O)C2CC2)C1. The standard InChI is InChI=1S/C25H38N4O2/c1-19(2)16-28(17-20-7-4-3-5-8-20)22-15-23(29(18-22)24(30)21-9-10-21)25(31)27-13-6-11-26-12-14-27/h3-5,7-8,19,21-23,26H,6,9-18H2,1-2H3. The minimum atomic E-state index is -0.304. The number of hydrogen-bond acceptors (Lipinski definition) is 4. The normalized spacial score (nSPS) is 24.6. The second-order valence-electron chi connectivity index (χ2n) is 9.91. The zero-order valence-electron chi connectivity index (χ0n) is 19.1. The van der Waals surface area contributed by atoms with Crippen molar-refractivity contribution in [2.75, 3.05) is 39.3 Å². The monoisotopic (exact) mass is 426 g/mol. The summed E-state index contributed by atoms with van der Waals surface area (Å²) in [6.45, 7) is 10.3. The van der Waals surface area contributed by atoms with Crippen LogP contribution in [-0.2, 0) is 16.1 Å². The van der Waals surface area contributed by atoms with Crippen molar-refractivity contribution < 1.29 is 9.59 Å². The summed E-state index contributed by atoms with van der Waals surface area (Å²) in [5, 5.41) is 3.38. The van der Waals surface area contributed by atoms with E-state index in [2.05, 4.69) is 48.3 Å². The number of benzene rings is 1. The average molecular weight is 427 g/mol. The average Bonchev–Trinajstić information content (AvgIpc) is 3.56.